The van der Waals surface area contributed by atoms with Gasteiger partial charge < -0.3 is 29.6 Å². The van der Waals surface area contributed by atoms with E-state index in [0.717, 1.165) is 19.9 Å². The minimum absolute atomic E-state index is 0.00572. The quantitative estimate of drug-likeness (QED) is 0.0762. The van der Waals surface area contributed by atoms with Crippen molar-refractivity contribution in [2.24, 2.45) is 11.7 Å². The number of nitrogens with two attached hydrogens (primary N) is 1. The molecular weight excluding hydrogens is 634 g/mol. The second-order valence-corrected chi connectivity index (χ2v) is 22.0. The van der Waals surface area contributed by atoms with Gasteiger partial charge in [-0.1, -0.05) is 25.7 Å². The van der Waals surface area contributed by atoms with Crippen molar-refractivity contribution in [2.45, 2.75) is 114 Å². The molecule has 45 heavy (non-hydrogen) atoms. The first-order valence-electron chi connectivity index (χ1n) is 16.1. The highest BCUT2D eigenvalue weighted by atomic mass is 32.2. The minimum atomic E-state index is -4.67. The first-order valence-corrected chi connectivity index (χ1v) is 20.0. The largest absolute Gasteiger partial charge is 0.598 e. The van der Waals surface area contributed by atoms with E-state index in [1.807, 2.05) is 0 Å². The third-order valence-electron chi connectivity index (χ3n) is 7.55. The molecule has 1 aliphatic carbocycles. The molecule has 1 unspecified atom stereocenters. The van der Waals surface area contributed by atoms with Gasteiger partial charge >= 0.3 is 6.18 Å². The summed E-state index contributed by atoms with van der Waals surface area (Å²) < 4.78 is 115. The Balaban J connectivity index is 2.10. The molecule has 0 spiro atoms. The van der Waals surface area contributed by atoms with Crippen molar-refractivity contribution in [3.05, 3.63) is 29.6 Å². The molecule has 1 heterocycles. The smallest absolute Gasteiger partial charge is 0.416 e. The van der Waals surface area contributed by atoms with Gasteiger partial charge in [-0.25, -0.2) is 13.8 Å². The first-order chi connectivity index (χ1) is 21.3. The van der Waals surface area contributed by atoms with Crippen LogP contribution >= 0.6 is 0 Å². The number of alkyl halides is 5. The van der Waals surface area contributed by atoms with E-state index >= 15 is 0 Å². The third-order valence-corrected chi connectivity index (χ3v) is 10.9. The Labute approximate surface area is 270 Å². The number of hydrogen-bond acceptors (Lipinski definition) is 7. The zero-order chi connectivity index (χ0) is 35.8. The van der Waals surface area contributed by atoms with Crippen LogP contribution in [0.2, 0.25) is 25.7 Å². The van der Waals surface area contributed by atoms with Gasteiger partial charge in [0.05, 0.1) is 30.7 Å². The summed E-state index contributed by atoms with van der Waals surface area (Å²) >= 11 is -1.73. The van der Waals surface area contributed by atoms with E-state index < -0.39 is 73.6 Å². The van der Waals surface area contributed by atoms with E-state index in [9.17, 15) is 26.5 Å². The maximum atomic E-state index is 14.4. The lowest BCUT2D eigenvalue weighted by Gasteiger charge is -2.32. The molecule has 0 radical (unpaired) electrons. The zero-order valence-electron chi connectivity index (χ0n) is 29.4. The van der Waals surface area contributed by atoms with Gasteiger partial charge in [0.25, 0.3) is 5.92 Å². The molecule has 3 rings (SSSR count). The van der Waals surface area contributed by atoms with Gasteiger partial charge in [0.1, 0.15) is 23.3 Å². The van der Waals surface area contributed by atoms with Crippen molar-refractivity contribution in [3.63, 3.8) is 0 Å². The van der Waals surface area contributed by atoms with E-state index in [-0.39, 0.29) is 18.5 Å². The van der Waals surface area contributed by atoms with Gasteiger partial charge in [-0.05, 0) is 77.1 Å². The maximum Gasteiger partial charge on any atom is 0.416 e. The fourth-order valence-corrected chi connectivity index (χ4v) is 5.81. The molecular formula is C30H50F5N5O3SSi. The van der Waals surface area contributed by atoms with Crippen LogP contribution in [-0.2, 0) is 27.6 Å². The summed E-state index contributed by atoms with van der Waals surface area (Å²) in [7, 11) is -1.45. The molecule has 258 valence electrons. The number of nitrogens with zero attached hydrogens (tertiary/aromatic N) is 2. The number of imidazole rings is 1. The van der Waals surface area contributed by atoms with Crippen LogP contribution in [0.5, 0.6) is 0 Å². The summed E-state index contributed by atoms with van der Waals surface area (Å²) in [6, 6.07) is 4.08. The van der Waals surface area contributed by atoms with E-state index in [2.05, 4.69) is 29.7 Å². The molecule has 1 aromatic carbocycles. The zero-order valence-corrected chi connectivity index (χ0v) is 29.2. The summed E-state index contributed by atoms with van der Waals surface area (Å²) in [5.41, 5.74) is 4.11. The number of ether oxygens (including phenoxy) is 2. The highest BCUT2D eigenvalue weighted by molar-refractivity contribution is 7.90. The van der Waals surface area contributed by atoms with E-state index in [0.29, 0.717) is 36.0 Å². The molecule has 0 saturated heterocycles. The van der Waals surface area contributed by atoms with Gasteiger partial charge in [-0.2, -0.15) is 13.2 Å². The number of rotatable bonds is 17. The molecule has 0 amide bonds. The Kier molecular flexibility index (Phi) is 11.2. The number of benzene rings is 1. The molecule has 8 nitrogen and oxygen atoms in total. The Hall–Kier alpha value is -1.33. The van der Waals surface area contributed by atoms with Crippen LogP contribution in [-0.4, -0.2) is 70.9 Å². The fraction of sp³-hybridized carbons (Fsp3) is 0.767. The van der Waals surface area contributed by atoms with Gasteiger partial charge in [0.2, 0.25) is 0 Å². The lowest BCUT2D eigenvalue weighted by Crippen LogP contribution is -2.47. The number of fused-ring (bicyclic) bond motifs is 1. The van der Waals surface area contributed by atoms with Gasteiger partial charge in [-0.3, -0.25) is 0 Å². The molecule has 1 aromatic heterocycles. The molecule has 1 saturated carbocycles. The van der Waals surface area contributed by atoms with Gasteiger partial charge in [-0.15, -0.1) is 4.72 Å². The van der Waals surface area contributed by atoms with Crippen LogP contribution < -0.4 is 15.8 Å². The van der Waals surface area contributed by atoms with Crippen molar-refractivity contribution in [1.82, 2.24) is 19.6 Å². The van der Waals surface area contributed by atoms with E-state index in [1.54, 1.807) is 43.5 Å². The lowest BCUT2D eigenvalue weighted by atomic mass is 10.0. The second-order valence-electron chi connectivity index (χ2n) is 14.4. The Morgan fingerprint density at radius 2 is 1.80 bits per heavy atom. The molecule has 1 aliphatic rings. The van der Waals surface area contributed by atoms with E-state index in [4.69, 9.17) is 22.9 Å². The molecule has 4 N–H and O–H groups in total. The number of hydrogen-bond donors (Lipinski definition) is 3. The molecule has 1 fully saturated rings. The van der Waals surface area contributed by atoms with Gasteiger partial charge in [0, 0.05) is 34.8 Å². The molecule has 3 atom stereocenters. The molecule has 0 bridgehead atoms. The standard InChI is InChI=1S/C30H50F5N5O3SSi/c1-27(2,3)44(41)39-23(16-43-28(4,5)30(33,34)35)26-38-22-15-21(25(20-9-10-20)37-18-29(31,32)17-36)11-12-24(22)40(26)19-42-13-14-45(6,7)8/h11-12,15,20,23,25,37,39H,9-10,13-14,16-19,36H2,1-8H3/t23-,25+,44?/m0/s1/i18D2. The number of halogens is 5. The summed E-state index contributed by atoms with van der Waals surface area (Å²) in [4.78, 5) is 4.77. The fourth-order valence-electron chi connectivity index (χ4n) is 4.27. The minimum Gasteiger partial charge on any atom is -0.598 e. The second kappa shape index (κ2) is 14.4. The van der Waals surface area contributed by atoms with Crippen LogP contribution in [0.25, 0.3) is 11.0 Å². The Bertz CT molecular complexity index is 1350. The van der Waals surface area contributed by atoms with Crippen LogP contribution in [0.15, 0.2) is 18.2 Å². The van der Waals surface area contributed by atoms with Crippen LogP contribution in [0.3, 0.4) is 0 Å². The summed E-state index contributed by atoms with van der Waals surface area (Å²) in [5.74, 6) is -3.69. The topological polar surface area (TPSA) is 109 Å². The number of aromatic nitrogens is 2. The van der Waals surface area contributed by atoms with Crippen molar-refractivity contribution < 1.29 is 38.7 Å². The molecule has 0 aliphatic heterocycles. The molecule has 15 heteroatoms. The van der Waals surface area contributed by atoms with Gasteiger partial charge in [0.15, 0.2) is 5.60 Å². The van der Waals surface area contributed by atoms with Crippen molar-refractivity contribution >= 4 is 30.5 Å². The van der Waals surface area contributed by atoms with E-state index in [1.165, 1.54) is 0 Å². The van der Waals surface area contributed by atoms with Crippen molar-refractivity contribution in [1.29, 1.82) is 0 Å². The maximum absolute atomic E-state index is 14.4. The monoisotopic (exact) mass is 685 g/mol. The Morgan fingerprint density at radius 1 is 1.16 bits per heavy atom. The lowest BCUT2D eigenvalue weighted by molar-refractivity contribution is -0.265. The average molecular weight is 686 g/mol. The normalized spacial score (nSPS) is 18.6. The van der Waals surface area contributed by atoms with Crippen LogP contribution in [0.4, 0.5) is 22.0 Å². The first kappa shape index (κ1) is 35.0. The predicted octanol–water partition coefficient (Wildman–Crippen LogP) is 6.43. The summed E-state index contributed by atoms with van der Waals surface area (Å²) in [5, 5.41) is 2.49. The van der Waals surface area contributed by atoms with Crippen LogP contribution in [0.1, 0.15) is 73.7 Å². The Morgan fingerprint density at radius 3 is 2.33 bits per heavy atom. The summed E-state index contributed by atoms with van der Waals surface area (Å²) in [6.07, 6.45) is -3.25. The van der Waals surface area contributed by atoms with Crippen molar-refractivity contribution in [3.8, 4) is 0 Å². The highest BCUT2D eigenvalue weighted by Gasteiger charge is 2.49. The average Bonchev–Trinajstić information content (AvgIpc) is 3.71. The third kappa shape index (κ3) is 10.8. The predicted molar refractivity (Wildman–Crippen MR) is 171 cm³/mol. The number of nitrogens with one attached hydrogen (secondary N) is 2. The van der Waals surface area contributed by atoms with Crippen LogP contribution in [0, 0.1) is 5.92 Å². The highest BCUT2D eigenvalue weighted by Crippen LogP contribution is 2.42. The van der Waals surface area contributed by atoms with Crippen molar-refractivity contribution in [2.75, 3.05) is 26.3 Å². The SMILES string of the molecule is [2H]C([2H])(N[C@@H](c1ccc2c(c1)nc([C@H](COC(C)(C)C(F)(F)F)N[S+]([O-])C(C)(C)C)n2COCC[Si](C)(C)C)C1CC1)C(F)(F)CN. The summed E-state index contributed by atoms with van der Waals surface area (Å²) in [6.45, 7) is 9.24. The molecule has 2 aromatic rings.